The fraction of sp³-hybridized carbons (Fsp3) is 0.222. The van der Waals surface area contributed by atoms with Gasteiger partial charge in [0, 0.05) is 12.1 Å². The van der Waals surface area contributed by atoms with Crippen LogP contribution in [0.1, 0.15) is 28.4 Å². The second-order valence-corrected chi connectivity index (χ2v) is 8.04. The van der Waals surface area contributed by atoms with Gasteiger partial charge in [-0.1, -0.05) is 17.7 Å². The van der Waals surface area contributed by atoms with E-state index in [1.807, 2.05) is 19.1 Å². The van der Waals surface area contributed by atoms with Crippen LogP contribution in [0, 0.1) is 6.92 Å². The number of sulfonamides is 1. The van der Waals surface area contributed by atoms with Gasteiger partial charge in [0.15, 0.2) is 5.60 Å². The molecule has 0 radical (unpaired) electrons. The minimum absolute atomic E-state index is 0.0600. The SMILES string of the molecule is Cc1ccc2c(c1)CC(C)(C(=O)Nc1ccc(S(N)(=O)=O)cc1)OC2=O. The third kappa shape index (κ3) is 3.47. The molecule has 1 atom stereocenters. The minimum Gasteiger partial charge on any atom is -0.445 e. The van der Waals surface area contributed by atoms with E-state index in [1.165, 1.54) is 24.3 Å². The molecule has 0 spiro atoms. The van der Waals surface area contributed by atoms with Crippen LogP contribution in [-0.2, 0) is 26.0 Å². The van der Waals surface area contributed by atoms with Crippen molar-refractivity contribution in [2.75, 3.05) is 5.32 Å². The Morgan fingerprint density at radius 1 is 1.19 bits per heavy atom. The van der Waals surface area contributed by atoms with Gasteiger partial charge in [0.05, 0.1) is 10.5 Å². The van der Waals surface area contributed by atoms with Crippen LogP contribution in [-0.4, -0.2) is 25.9 Å². The van der Waals surface area contributed by atoms with Crippen molar-refractivity contribution in [1.29, 1.82) is 0 Å². The van der Waals surface area contributed by atoms with Crippen molar-refractivity contribution >= 4 is 27.6 Å². The van der Waals surface area contributed by atoms with E-state index in [4.69, 9.17) is 9.88 Å². The van der Waals surface area contributed by atoms with Crippen LogP contribution in [0.2, 0.25) is 0 Å². The average molecular weight is 374 g/mol. The Labute approximate surface area is 151 Å². The van der Waals surface area contributed by atoms with Gasteiger partial charge < -0.3 is 10.1 Å². The van der Waals surface area contributed by atoms with Crippen molar-refractivity contribution < 1.29 is 22.7 Å². The number of esters is 1. The molecular formula is C18H18N2O5S. The second-order valence-electron chi connectivity index (χ2n) is 6.48. The van der Waals surface area contributed by atoms with Crippen LogP contribution in [0.25, 0.3) is 0 Å². The number of nitrogens with two attached hydrogens (primary N) is 1. The Kier molecular flexibility index (Phi) is 4.33. The van der Waals surface area contributed by atoms with Gasteiger partial charge in [-0.3, -0.25) is 4.79 Å². The molecule has 0 bridgehead atoms. The smallest absolute Gasteiger partial charge is 0.339 e. The number of carbonyl (C=O) groups is 2. The van der Waals surface area contributed by atoms with Gasteiger partial charge in [-0.05, 0) is 49.7 Å². The molecule has 0 saturated heterocycles. The maximum atomic E-state index is 12.7. The monoisotopic (exact) mass is 374 g/mol. The molecule has 0 fully saturated rings. The lowest BCUT2D eigenvalue weighted by Crippen LogP contribution is -2.48. The first-order valence-electron chi connectivity index (χ1n) is 7.86. The molecule has 26 heavy (non-hydrogen) atoms. The molecule has 136 valence electrons. The van der Waals surface area contributed by atoms with Crippen molar-refractivity contribution in [3.8, 4) is 0 Å². The number of benzene rings is 2. The summed E-state index contributed by atoms with van der Waals surface area (Å²) in [5, 5.41) is 7.69. The lowest BCUT2D eigenvalue weighted by Gasteiger charge is -2.33. The van der Waals surface area contributed by atoms with E-state index in [9.17, 15) is 18.0 Å². The zero-order valence-corrected chi connectivity index (χ0v) is 15.1. The highest BCUT2D eigenvalue weighted by Crippen LogP contribution is 2.30. The van der Waals surface area contributed by atoms with E-state index in [0.29, 0.717) is 11.3 Å². The maximum absolute atomic E-state index is 12.7. The quantitative estimate of drug-likeness (QED) is 0.794. The fourth-order valence-corrected chi connectivity index (χ4v) is 3.36. The van der Waals surface area contributed by atoms with E-state index in [2.05, 4.69) is 5.32 Å². The molecule has 0 aromatic heterocycles. The van der Waals surface area contributed by atoms with Crippen molar-refractivity contribution in [3.05, 3.63) is 59.2 Å². The molecule has 8 heteroatoms. The van der Waals surface area contributed by atoms with E-state index in [0.717, 1.165) is 11.1 Å². The summed E-state index contributed by atoms with van der Waals surface area (Å²) in [5.74, 6) is -1.05. The van der Waals surface area contributed by atoms with E-state index in [1.54, 1.807) is 13.0 Å². The van der Waals surface area contributed by atoms with Crippen LogP contribution in [0.5, 0.6) is 0 Å². The predicted octanol–water partition coefficient (Wildman–Crippen LogP) is 1.75. The number of amides is 1. The number of rotatable bonds is 3. The van der Waals surface area contributed by atoms with Crippen molar-refractivity contribution in [2.24, 2.45) is 5.14 Å². The number of nitrogens with one attached hydrogen (secondary N) is 1. The molecule has 1 unspecified atom stereocenters. The summed E-state index contributed by atoms with van der Waals surface area (Å²) in [6, 6.07) is 10.8. The first kappa shape index (κ1) is 18.1. The molecule has 0 aliphatic carbocycles. The number of hydrogen-bond donors (Lipinski definition) is 2. The summed E-state index contributed by atoms with van der Waals surface area (Å²) in [5.41, 5.74) is 1.20. The van der Waals surface area contributed by atoms with E-state index >= 15 is 0 Å². The molecule has 1 aliphatic heterocycles. The van der Waals surface area contributed by atoms with Crippen molar-refractivity contribution in [1.82, 2.24) is 0 Å². The van der Waals surface area contributed by atoms with Crippen molar-refractivity contribution in [3.63, 3.8) is 0 Å². The third-order valence-electron chi connectivity index (χ3n) is 4.25. The lowest BCUT2D eigenvalue weighted by atomic mass is 9.88. The fourth-order valence-electron chi connectivity index (χ4n) is 2.84. The molecule has 7 nitrogen and oxygen atoms in total. The highest BCUT2D eigenvalue weighted by Gasteiger charge is 2.42. The van der Waals surface area contributed by atoms with E-state index in [-0.39, 0.29) is 11.3 Å². The van der Waals surface area contributed by atoms with Gasteiger partial charge in [0.2, 0.25) is 10.0 Å². The van der Waals surface area contributed by atoms with Gasteiger partial charge in [-0.25, -0.2) is 18.4 Å². The largest absolute Gasteiger partial charge is 0.445 e. The van der Waals surface area contributed by atoms with Crippen LogP contribution < -0.4 is 10.5 Å². The molecule has 1 aliphatic rings. The first-order valence-corrected chi connectivity index (χ1v) is 9.40. The summed E-state index contributed by atoms with van der Waals surface area (Å²) in [7, 11) is -3.81. The molecular weight excluding hydrogens is 356 g/mol. The number of primary sulfonamides is 1. The molecule has 2 aromatic carbocycles. The summed E-state index contributed by atoms with van der Waals surface area (Å²) < 4.78 is 27.9. The number of aryl methyl sites for hydroxylation is 1. The van der Waals surface area contributed by atoms with Gasteiger partial charge in [-0.2, -0.15) is 0 Å². The molecule has 0 saturated carbocycles. The van der Waals surface area contributed by atoms with Crippen LogP contribution in [0.3, 0.4) is 0 Å². The molecule has 2 aromatic rings. The Morgan fingerprint density at radius 3 is 2.46 bits per heavy atom. The Balaban J connectivity index is 1.82. The highest BCUT2D eigenvalue weighted by molar-refractivity contribution is 7.89. The van der Waals surface area contributed by atoms with E-state index < -0.39 is 27.5 Å². The van der Waals surface area contributed by atoms with Crippen molar-refractivity contribution in [2.45, 2.75) is 30.8 Å². The molecule has 1 heterocycles. The van der Waals surface area contributed by atoms with Crippen LogP contribution in [0.15, 0.2) is 47.4 Å². The Morgan fingerprint density at radius 2 is 1.85 bits per heavy atom. The second kappa shape index (κ2) is 6.22. The maximum Gasteiger partial charge on any atom is 0.339 e. The molecule has 3 rings (SSSR count). The highest BCUT2D eigenvalue weighted by atomic mass is 32.2. The molecule has 1 amide bonds. The average Bonchev–Trinajstić information content (AvgIpc) is 2.53. The number of fused-ring (bicyclic) bond motifs is 1. The lowest BCUT2D eigenvalue weighted by molar-refractivity contribution is -0.134. The zero-order valence-electron chi connectivity index (χ0n) is 14.3. The summed E-state index contributed by atoms with van der Waals surface area (Å²) >= 11 is 0. The van der Waals surface area contributed by atoms with Crippen LogP contribution in [0.4, 0.5) is 5.69 Å². The topological polar surface area (TPSA) is 116 Å². The summed E-state index contributed by atoms with van der Waals surface area (Å²) in [4.78, 5) is 24.9. The zero-order chi connectivity index (χ0) is 19.1. The van der Waals surface area contributed by atoms with Crippen LogP contribution >= 0.6 is 0 Å². The minimum atomic E-state index is -3.81. The predicted molar refractivity (Wildman–Crippen MR) is 95.1 cm³/mol. The summed E-state index contributed by atoms with van der Waals surface area (Å²) in [6.45, 7) is 3.45. The number of anilines is 1. The first-order chi connectivity index (χ1) is 12.1. The summed E-state index contributed by atoms with van der Waals surface area (Å²) in [6.07, 6.45) is 0.247. The number of ether oxygens (including phenoxy) is 1. The standard InChI is InChI=1S/C18H18N2O5S/c1-11-3-8-15-12(9-11)10-18(2,25-16(15)21)17(22)20-13-4-6-14(7-5-13)26(19,23)24/h3-9H,10H2,1-2H3,(H,20,22)(H2,19,23,24). The number of carbonyl (C=O) groups excluding carboxylic acids is 2. The van der Waals surface area contributed by atoms with Gasteiger partial charge >= 0.3 is 5.97 Å². The van der Waals surface area contributed by atoms with Gasteiger partial charge in [-0.15, -0.1) is 0 Å². The van der Waals surface area contributed by atoms with Gasteiger partial charge in [0.25, 0.3) is 5.91 Å². The molecule has 3 N–H and O–H groups in total. The Hall–Kier alpha value is -2.71. The normalized spacial score (nSPS) is 19.4. The third-order valence-corrected chi connectivity index (χ3v) is 5.18. The number of cyclic esters (lactones) is 1. The number of hydrogen-bond acceptors (Lipinski definition) is 5. The Bertz CT molecular complexity index is 999. The van der Waals surface area contributed by atoms with Gasteiger partial charge in [0.1, 0.15) is 0 Å².